The largest absolute Gasteiger partial charge is 0.480 e. The van der Waals surface area contributed by atoms with Gasteiger partial charge in [0.15, 0.2) is 0 Å². The van der Waals surface area contributed by atoms with Crippen LogP contribution in [0.4, 0.5) is 0 Å². The Balaban J connectivity index is 4.31. The van der Waals surface area contributed by atoms with Crippen LogP contribution in [-0.2, 0) is 14.4 Å². The van der Waals surface area contributed by atoms with Crippen LogP contribution in [0.1, 0.15) is 13.3 Å². The zero-order chi connectivity index (χ0) is 11.3. The highest BCUT2D eigenvalue weighted by Gasteiger charge is 2.23. The van der Waals surface area contributed by atoms with Crippen molar-refractivity contribution in [1.82, 2.24) is 5.32 Å². The van der Waals surface area contributed by atoms with Gasteiger partial charge < -0.3 is 21.9 Å². The average Bonchev–Trinajstić information content (AvgIpc) is 2.01. The summed E-state index contributed by atoms with van der Waals surface area (Å²) in [5, 5.41) is 10.7. The lowest BCUT2D eigenvalue weighted by Gasteiger charge is -2.14. The zero-order valence-corrected chi connectivity index (χ0v) is 7.69. The molecule has 0 fully saturated rings. The number of carbonyl (C=O) groups is 3. The maximum atomic E-state index is 11.0. The molecule has 7 heteroatoms. The lowest BCUT2D eigenvalue weighted by Crippen LogP contribution is -2.48. The third-order valence-electron chi connectivity index (χ3n) is 1.43. The second-order valence-corrected chi connectivity index (χ2v) is 2.86. The Morgan fingerprint density at radius 3 is 2.21 bits per heavy atom. The molecule has 6 N–H and O–H groups in total. The summed E-state index contributed by atoms with van der Waals surface area (Å²) >= 11 is 0. The van der Waals surface area contributed by atoms with Crippen LogP contribution >= 0.6 is 0 Å². The minimum atomic E-state index is -1.32. The second kappa shape index (κ2) is 5.18. The van der Waals surface area contributed by atoms with Crippen LogP contribution in [0.5, 0.6) is 0 Å². The van der Waals surface area contributed by atoms with E-state index in [4.69, 9.17) is 16.6 Å². The number of rotatable bonds is 5. The van der Waals surface area contributed by atoms with Crippen LogP contribution in [0.2, 0.25) is 0 Å². The van der Waals surface area contributed by atoms with Crippen molar-refractivity contribution in [2.24, 2.45) is 11.5 Å². The fraction of sp³-hybridized carbons (Fsp3) is 0.571. The molecule has 0 spiro atoms. The van der Waals surface area contributed by atoms with Gasteiger partial charge in [-0.2, -0.15) is 0 Å². The molecule has 14 heavy (non-hydrogen) atoms. The normalized spacial score (nSPS) is 14.1. The zero-order valence-electron chi connectivity index (χ0n) is 7.69. The smallest absolute Gasteiger partial charge is 0.326 e. The summed E-state index contributed by atoms with van der Waals surface area (Å²) in [6, 6.07) is -2.14. The molecule has 0 aliphatic heterocycles. The van der Waals surface area contributed by atoms with E-state index < -0.39 is 36.3 Å². The fourth-order valence-corrected chi connectivity index (χ4v) is 0.704. The Morgan fingerprint density at radius 2 is 1.93 bits per heavy atom. The number of hydrogen-bond acceptors (Lipinski definition) is 4. The van der Waals surface area contributed by atoms with Crippen molar-refractivity contribution in [3.8, 4) is 0 Å². The standard InChI is InChI=1S/C7H13N3O4/c1-3(8)6(12)10-4(7(13)14)2-5(9)11/h3-4H,2,8H2,1H3,(H2,9,11)(H,10,12)(H,13,14)/t3?,4-/m1/s1. The van der Waals surface area contributed by atoms with Gasteiger partial charge in [0.2, 0.25) is 11.8 Å². The molecule has 0 aromatic heterocycles. The van der Waals surface area contributed by atoms with Gasteiger partial charge >= 0.3 is 5.97 Å². The number of primary amides is 1. The van der Waals surface area contributed by atoms with Gasteiger partial charge in [0.1, 0.15) is 6.04 Å². The summed E-state index contributed by atoms with van der Waals surface area (Å²) in [4.78, 5) is 32.0. The molecule has 7 nitrogen and oxygen atoms in total. The Bertz CT molecular complexity index is 251. The lowest BCUT2D eigenvalue weighted by molar-refractivity contribution is -0.143. The van der Waals surface area contributed by atoms with Gasteiger partial charge in [-0.05, 0) is 6.92 Å². The van der Waals surface area contributed by atoms with Crippen molar-refractivity contribution in [3.05, 3.63) is 0 Å². The Kier molecular flexibility index (Phi) is 4.57. The number of nitrogens with one attached hydrogen (secondary N) is 1. The van der Waals surface area contributed by atoms with Crippen LogP contribution < -0.4 is 16.8 Å². The summed E-state index contributed by atoms with van der Waals surface area (Å²) < 4.78 is 0. The van der Waals surface area contributed by atoms with Gasteiger partial charge in [-0.25, -0.2) is 4.79 Å². The molecule has 80 valence electrons. The predicted octanol–water partition coefficient (Wildman–Crippen LogP) is -2.22. The van der Waals surface area contributed by atoms with E-state index in [9.17, 15) is 14.4 Å². The topological polar surface area (TPSA) is 136 Å². The minimum absolute atomic E-state index is 0.451. The highest BCUT2D eigenvalue weighted by atomic mass is 16.4. The first-order valence-electron chi connectivity index (χ1n) is 3.91. The molecule has 2 atom stereocenters. The van der Waals surface area contributed by atoms with E-state index in [-0.39, 0.29) is 0 Å². The van der Waals surface area contributed by atoms with Crippen molar-refractivity contribution in [2.75, 3.05) is 0 Å². The van der Waals surface area contributed by atoms with Crippen LogP contribution in [0.25, 0.3) is 0 Å². The van der Waals surface area contributed by atoms with Gasteiger partial charge in [-0.15, -0.1) is 0 Å². The van der Waals surface area contributed by atoms with Gasteiger partial charge in [0.25, 0.3) is 0 Å². The lowest BCUT2D eigenvalue weighted by atomic mass is 10.2. The Morgan fingerprint density at radius 1 is 1.43 bits per heavy atom. The molecule has 0 rings (SSSR count). The summed E-state index contributed by atoms with van der Waals surface area (Å²) in [6.07, 6.45) is -0.451. The maximum Gasteiger partial charge on any atom is 0.326 e. The second-order valence-electron chi connectivity index (χ2n) is 2.86. The molecular formula is C7H13N3O4. The molecule has 1 unspecified atom stereocenters. The van der Waals surface area contributed by atoms with Crippen molar-refractivity contribution in [3.63, 3.8) is 0 Å². The van der Waals surface area contributed by atoms with E-state index in [1.165, 1.54) is 6.92 Å². The summed E-state index contributed by atoms with van der Waals surface area (Å²) in [5.74, 6) is -2.76. The monoisotopic (exact) mass is 203 g/mol. The van der Waals surface area contributed by atoms with Crippen molar-refractivity contribution >= 4 is 17.8 Å². The third-order valence-corrected chi connectivity index (χ3v) is 1.43. The molecule has 0 radical (unpaired) electrons. The average molecular weight is 203 g/mol. The molecule has 0 aliphatic rings. The number of hydrogen-bond donors (Lipinski definition) is 4. The molecule has 0 heterocycles. The molecule has 0 bridgehead atoms. The summed E-state index contributed by atoms with van der Waals surface area (Å²) in [7, 11) is 0. The van der Waals surface area contributed by atoms with Crippen LogP contribution in [-0.4, -0.2) is 35.0 Å². The summed E-state index contributed by atoms with van der Waals surface area (Å²) in [6.45, 7) is 1.40. The maximum absolute atomic E-state index is 11.0. The highest BCUT2D eigenvalue weighted by Crippen LogP contribution is 1.92. The van der Waals surface area contributed by atoms with Crippen LogP contribution in [0.3, 0.4) is 0 Å². The third kappa shape index (κ3) is 4.41. The number of carboxylic acid groups (broad SMARTS) is 1. The van der Waals surface area contributed by atoms with E-state index >= 15 is 0 Å². The number of amides is 2. The number of nitrogens with two attached hydrogens (primary N) is 2. The molecule has 0 aliphatic carbocycles. The first kappa shape index (κ1) is 12.4. The van der Waals surface area contributed by atoms with Crippen LogP contribution in [0, 0.1) is 0 Å². The predicted molar refractivity (Wildman–Crippen MR) is 47.0 cm³/mol. The molecule has 0 saturated heterocycles. The molecule has 0 saturated carbocycles. The molecular weight excluding hydrogens is 190 g/mol. The quantitative estimate of drug-likeness (QED) is 0.401. The number of aliphatic carboxylic acids is 1. The van der Waals surface area contributed by atoms with Crippen molar-refractivity contribution in [2.45, 2.75) is 25.4 Å². The summed E-state index contributed by atoms with van der Waals surface area (Å²) in [5.41, 5.74) is 9.99. The van der Waals surface area contributed by atoms with E-state index in [1.807, 2.05) is 0 Å². The molecule has 0 aromatic carbocycles. The number of carbonyl (C=O) groups excluding carboxylic acids is 2. The number of carboxylic acids is 1. The highest BCUT2D eigenvalue weighted by molar-refractivity contribution is 5.89. The minimum Gasteiger partial charge on any atom is -0.480 e. The fourth-order valence-electron chi connectivity index (χ4n) is 0.704. The van der Waals surface area contributed by atoms with E-state index in [0.29, 0.717) is 0 Å². The SMILES string of the molecule is CC(N)C(=O)N[C@H](CC(N)=O)C(=O)O. The van der Waals surface area contributed by atoms with Crippen molar-refractivity contribution in [1.29, 1.82) is 0 Å². The van der Waals surface area contributed by atoms with Crippen molar-refractivity contribution < 1.29 is 19.5 Å². The van der Waals surface area contributed by atoms with Gasteiger partial charge in [-0.1, -0.05) is 0 Å². The van der Waals surface area contributed by atoms with Gasteiger partial charge in [0.05, 0.1) is 12.5 Å². The Hall–Kier alpha value is -1.63. The van der Waals surface area contributed by atoms with E-state index in [0.717, 1.165) is 0 Å². The van der Waals surface area contributed by atoms with Gasteiger partial charge in [0, 0.05) is 0 Å². The van der Waals surface area contributed by atoms with Crippen LogP contribution in [0.15, 0.2) is 0 Å². The van der Waals surface area contributed by atoms with Gasteiger partial charge in [-0.3, -0.25) is 9.59 Å². The molecule has 0 aromatic rings. The van der Waals surface area contributed by atoms with E-state index in [1.54, 1.807) is 0 Å². The molecule has 2 amide bonds. The Labute approximate surface area is 80.4 Å². The van der Waals surface area contributed by atoms with E-state index in [2.05, 4.69) is 5.32 Å². The first-order chi connectivity index (χ1) is 6.34. The first-order valence-corrected chi connectivity index (χ1v) is 3.91.